The number of fused-ring (bicyclic) bond motifs is 1. The molecule has 0 radical (unpaired) electrons. The first-order chi connectivity index (χ1) is 23.7. The first-order valence-corrected chi connectivity index (χ1v) is 16.1. The van der Waals surface area contributed by atoms with Crippen LogP contribution in [0.2, 0.25) is 0 Å². The molecule has 6 rings (SSSR count). The Labute approximate surface area is 283 Å². The van der Waals surface area contributed by atoms with E-state index in [1.165, 1.54) is 18.3 Å². The second kappa shape index (κ2) is 14.8. The number of rotatable bonds is 9. The van der Waals surface area contributed by atoms with Crippen LogP contribution in [0.4, 0.5) is 26.4 Å². The van der Waals surface area contributed by atoms with E-state index in [1.54, 1.807) is 49.8 Å². The number of urea groups is 1. The van der Waals surface area contributed by atoms with E-state index in [2.05, 4.69) is 30.4 Å². The van der Waals surface area contributed by atoms with E-state index in [0.717, 1.165) is 12.0 Å². The number of aromatic nitrogens is 3. The van der Waals surface area contributed by atoms with Gasteiger partial charge in [-0.3, -0.25) is 14.8 Å². The van der Waals surface area contributed by atoms with Gasteiger partial charge in [0.05, 0.1) is 30.3 Å². The SMILES string of the molecule is CN=CC(C=N)c1cnc2c(N3CCOCC3)nc(-c3ccc(NC(=O)Nc4ccc(C(=O)N5CCC(N(C)C)C5)cc4)c(F)c3)nc2c1. The molecule has 2 aromatic carbocycles. The van der Waals surface area contributed by atoms with Gasteiger partial charge in [-0.1, -0.05) is 0 Å². The number of morpholine rings is 1. The lowest BCUT2D eigenvalue weighted by Crippen LogP contribution is -2.37. The van der Waals surface area contributed by atoms with Crippen LogP contribution >= 0.6 is 0 Å². The Bertz CT molecular complexity index is 1880. The molecule has 0 aliphatic carbocycles. The van der Waals surface area contributed by atoms with Gasteiger partial charge in [0.1, 0.15) is 11.3 Å². The van der Waals surface area contributed by atoms with Crippen molar-refractivity contribution in [3.63, 3.8) is 0 Å². The summed E-state index contributed by atoms with van der Waals surface area (Å²) in [7, 11) is 5.67. The molecule has 49 heavy (non-hydrogen) atoms. The van der Waals surface area contributed by atoms with E-state index in [0.29, 0.717) is 84.9 Å². The van der Waals surface area contributed by atoms with Gasteiger partial charge in [-0.25, -0.2) is 19.2 Å². The molecular formula is C35H39FN10O3. The fraction of sp³-hybridized carbons (Fsp3) is 0.343. The minimum absolute atomic E-state index is 0.0247. The van der Waals surface area contributed by atoms with Crippen LogP contribution in [0.15, 0.2) is 59.7 Å². The maximum atomic E-state index is 15.4. The van der Waals surface area contributed by atoms with Gasteiger partial charge < -0.3 is 35.5 Å². The lowest BCUT2D eigenvalue weighted by molar-refractivity contribution is 0.0783. The zero-order valence-electron chi connectivity index (χ0n) is 27.7. The number of anilines is 3. The van der Waals surface area contributed by atoms with E-state index in [4.69, 9.17) is 20.1 Å². The number of benzene rings is 2. The third-order valence-corrected chi connectivity index (χ3v) is 8.77. The summed E-state index contributed by atoms with van der Waals surface area (Å²) in [6.45, 7) is 3.69. The van der Waals surface area contributed by atoms with Crippen LogP contribution in [0.3, 0.4) is 0 Å². The van der Waals surface area contributed by atoms with Gasteiger partial charge in [0.25, 0.3) is 5.91 Å². The Morgan fingerprint density at radius 1 is 1.08 bits per heavy atom. The molecule has 3 N–H and O–H groups in total. The highest BCUT2D eigenvalue weighted by molar-refractivity contribution is 6.01. The number of carbonyl (C=O) groups excluding carboxylic acids is 2. The Morgan fingerprint density at radius 2 is 1.86 bits per heavy atom. The van der Waals surface area contributed by atoms with Crippen molar-refractivity contribution in [3.05, 3.63) is 71.7 Å². The normalized spacial score (nSPS) is 17.1. The molecule has 3 amide bonds. The quantitative estimate of drug-likeness (QED) is 0.221. The number of hydrogen-bond donors (Lipinski definition) is 3. The fourth-order valence-corrected chi connectivity index (χ4v) is 5.98. The topological polar surface area (TPSA) is 152 Å². The molecule has 0 bridgehead atoms. The number of halogens is 1. The monoisotopic (exact) mass is 666 g/mol. The number of hydrogen-bond acceptors (Lipinski definition) is 10. The van der Waals surface area contributed by atoms with E-state index < -0.39 is 11.8 Å². The maximum Gasteiger partial charge on any atom is 0.323 e. The molecule has 2 aromatic heterocycles. The summed E-state index contributed by atoms with van der Waals surface area (Å²) in [5, 5.41) is 13.1. The van der Waals surface area contributed by atoms with Gasteiger partial charge in [-0.15, -0.1) is 0 Å². The van der Waals surface area contributed by atoms with E-state index >= 15 is 4.39 Å². The number of aliphatic imine (C=N–C) groups is 1. The highest BCUT2D eigenvalue weighted by Crippen LogP contribution is 2.30. The Morgan fingerprint density at radius 3 is 2.53 bits per heavy atom. The van der Waals surface area contributed by atoms with Gasteiger partial charge in [-0.05, 0) is 74.6 Å². The second-order valence-corrected chi connectivity index (χ2v) is 12.2. The van der Waals surface area contributed by atoms with Gasteiger partial charge in [0.15, 0.2) is 11.6 Å². The summed E-state index contributed by atoms with van der Waals surface area (Å²) in [4.78, 5) is 50.0. The smallest absolute Gasteiger partial charge is 0.323 e. The highest BCUT2D eigenvalue weighted by Gasteiger charge is 2.28. The summed E-state index contributed by atoms with van der Waals surface area (Å²) in [6.07, 6.45) is 5.57. The number of pyridine rings is 1. The average molecular weight is 667 g/mol. The van der Waals surface area contributed by atoms with Gasteiger partial charge in [0, 0.05) is 74.7 Å². The Balaban J connectivity index is 1.18. The third kappa shape index (κ3) is 7.55. The van der Waals surface area contributed by atoms with Crippen molar-refractivity contribution in [1.82, 2.24) is 24.8 Å². The van der Waals surface area contributed by atoms with Crippen LogP contribution in [0.1, 0.15) is 28.3 Å². The Kier molecular flexibility index (Phi) is 10.2. The molecule has 254 valence electrons. The van der Waals surface area contributed by atoms with Crippen molar-refractivity contribution in [2.24, 2.45) is 4.99 Å². The van der Waals surface area contributed by atoms with Crippen LogP contribution in [0.25, 0.3) is 22.4 Å². The predicted octanol–water partition coefficient (Wildman–Crippen LogP) is 4.52. The summed E-state index contributed by atoms with van der Waals surface area (Å²) < 4.78 is 21.0. The molecule has 2 aliphatic rings. The van der Waals surface area contributed by atoms with Crippen LogP contribution in [0, 0.1) is 11.2 Å². The van der Waals surface area contributed by atoms with Crippen LogP contribution < -0.4 is 15.5 Å². The highest BCUT2D eigenvalue weighted by atomic mass is 19.1. The number of likely N-dealkylation sites (tertiary alicyclic amines) is 1. The summed E-state index contributed by atoms with van der Waals surface area (Å²) in [6, 6.07) is 12.6. The molecule has 0 saturated carbocycles. The number of likely N-dealkylation sites (N-methyl/N-ethyl adjacent to an activating group) is 1. The first kappa shape index (κ1) is 33.6. The largest absolute Gasteiger partial charge is 0.378 e. The number of ether oxygens (including phenoxy) is 1. The Hall–Kier alpha value is -5.34. The van der Waals surface area contributed by atoms with E-state index in [1.807, 2.05) is 25.1 Å². The van der Waals surface area contributed by atoms with Crippen molar-refractivity contribution in [2.75, 3.05) is 76.1 Å². The molecule has 4 heterocycles. The number of carbonyl (C=O) groups is 2. The van der Waals surface area contributed by atoms with Crippen molar-refractivity contribution in [3.8, 4) is 11.4 Å². The molecule has 2 aliphatic heterocycles. The number of nitrogens with zero attached hydrogens (tertiary/aromatic N) is 7. The van der Waals surface area contributed by atoms with Gasteiger partial charge >= 0.3 is 6.03 Å². The lowest BCUT2D eigenvalue weighted by atomic mass is 10.0. The third-order valence-electron chi connectivity index (χ3n) is 8.77. The van der Waals surface area contributed by atoms with Gasteiger partial charge in [0.2, 0.25) is 0 Å². The van der Waals surface area contributed by atoms with Crippen LogP contribution in [0.5, 0.6) is 0 Å². The molecule has 4 aromatic rings. The first-order valence-electron chi connectivity index (χ1n) is 16.1. The molecule has 13 nitrogen and oxygen atoms in total. The van der Waals surface area contributed by atoms with Crippen LogP contribution in [-0.2, 0) is 4.74 Å². The molecule has 2 atom stereocenters. The fourth-order valence-electron chi connectivity index (χ4n) is 5.98. The minimum Gasteiger partial charge on any atom is -0.378 e. The minimum atomic E-state index is -0.665. The molecule has 2 fully saturated rings. The second-order valence-electron chi connectivity index (χ2n) is 12.2. The van der Waals surface area contributed by atoms with Crippen molar-refractivity contribution >= 4 is 52.6 Å². The van der Waals surface area contributed by atoms with Crippen LogP contribution in [-0.4, -0.2) is 116 Å². The van der Waals surface area contributed by atoms with Crippen molar-refractivity contribution in [1.29, 1.82) is 5.41 Å². The zero-order valence-corrected chi connectivity index (χ0v) is 27.7. The van der Waals surface area contributed by atoms with Crippen molar-refractivity contribution < 1.29 is 18.7 Å². The lowest BCUT2D eigenvalue weighted by Gasteiger charge is -2.28. The summed E-state index contributed by atoms with van der Waals surface area (Å²) in [5.41, 5.74) is 3.27. The maximum absolute atomic E-state index is 15.4. The summed E-state index contributed by atoms with van der Waals surface area (Å²) in [5.74, 6) is -0.180. The average Bonchev–Trinajstić information content (AvgIpc) is 3.62. The molecule has 2 saturated heterocycles. The summed E-state index contributed by atoms with van der Waals surface area (Å²) >= 11 is 0. The van der Waals surface area contributed by atoms with E-state index in [9.17, 15) is 9.59 Å². The predicted molar refractivity (Wildman–Crippen MR) is 189 cm³/mol. The van der Waals surface area contributed by atoms with Gasteiger partial charge in [-0.2, -0.15) is 0 Å². The standard InChI is InChI=1S/C35H39FN10O3/c1-38-19-25(18-37)24-17-30-31(39-20-24)33(45-12-14-49-15-13-45)43-32(41-30)23-6-9-29(28(36)16-23)42-35(48)40-26-7-4-22(5-8-26)34(47)46-11-10-27(21-46)44(2)3/h4-9,16-20,25,27,37H,10-15,21H2,1-3H3,(H2,40,42,48). The van der Waals surface area contributed by atoms with Crippen molar-refractivity contribution in [2.45, 2.75) is 18.4 Å². The van der Waals surface area contributed by atoms with E-state index in [-0.39, 0.29) is 17.5 Å². The number of nitrogens with one attached hydrogen (secondary N) is 3. The molecule has 14 heteroatoms. The zero-order chi connectivity index (χ0) is 34.5. The molecular weight excluding hydrogens is 627 g/mol. The molecule has 0 spiro atoms. The number of amides is 3. The molecule has 2 unspecified atom stereocenters.